The molecule has 1 aliphatic heterocycles. The van der Waals surface area contributed by atoms with Gasteiger partial charge in [0.05, 0.1) is 5.69 Å². The molecule has 2 N–H and O–H groups in total. The first-order valence-corrected chi connectivity index (χ1v) is 9.59. The number of fused-ring (bicyclic) bond motifs is 2. The molecule has 0 fully saturated rings. The number of nitrogens with zero attached hydrogens (tertiary/aromatic N) is 1. The molecular weight excluding hydrogens is 378 g/mol. The molecule has 0 saturated heterocycles. The summed E-state index contributed by atoms with van der Waals surface area (Å²) < 4.78 is 7.87. The summed E-state index contributed by atoms with van der Waals surface area (Å²) in [4.78, 5) is 13.0. The van der Waals surface area contributed by atoms with Crippen LogP contribution in [0.4, 0.5) is 0 Å². The summed E-state index contributed by atoms with van der Waals surface area (Å²) in [7, 11) is 2.00. The highest BCUT2D eigenvalue weighted by Crippen LogP contribution is 2.42. The number of aromatic nitrogens is 1. The number of rotatable bonds is 2. The molecule has 5 nitrogen and oxygen atoms in total. The number of hydrogen-bond acceptors (Lipinski definition) is 4. The van der Waals surface area contributed by atoms with Gasteiger partial charge in [-0.2, -0.15) is 0 Å². The maximum absolute atomic E-state index is 13.0. The lowest BCUT2D eigenvalue weighted by molar-refractivity contribution is 0.101. The molecule has 0 spiro atoms. The van der Waals surface area contributed by atoms with Crippen LogP contribution in [-0.4, -0.2) is 20.6 Å². The molecule has 0 atom stereocenters. The molecule has 148 valence electrons. The lowest BCUT2D eigenvalue weighted by Crippen LogP contribution is -1.99. The highest BCUT2D eigenvalue weighted by Gasteiger charge is 2.32. The molecule has 3 aromatic carbocycles. The van der Waals surface area contributed by atoms with Gasteiger partial charge in [-0.1, -0.05) is 42.5 Å². The highest BCUT2D eigenvalue weighted by molar-refractivity contribution is 6.17. The minimum Gasteiger partial charge on any atom is -0.508 e. The monoisotopic (exact) mass is 397 g/mol. The topological polar surface area (TPSA) is 71.7 Å². The van der Waals surface area contributed by atoms with Crippen molar-refractivity contribution in [1.82, 2.24) is 4.57 Å². The molecule has 0 saturated carbocycles. The largest absolute Gasteiger partial charge is 0.508 e. The molecule has 30 heavy (non-hydrogen) atoms. The maximum Gasteiger partial charge on any atom is 0.235 e. The van der Waals surface area contributed by atoms with E-state index in [4.69, 9.17) is 4.74 Å². The predicted molar refractivity (Wildman–Crippen MR) is 116 cm³/mol. The first-order chi connectivity index (χ1) is 14.5. The summed E-state index contributed by atoms with van der Waals surface area (Å²) in [5.41, 5.74) is 5.05. The van der Waals surface area contributed by atoms with Crippen LogP contribution in [0.5, 0.6) is 17.2 Å². The third-order valence-corrected chi connectivity index (χ3v) is 5.53. The molecule has 2 heterocycles. The Kier molecular flexibility index (Phi) is 3.93. The number of Topliss-reactive ketones (excluding diaryl/α,β-unsaturated/α-hetero) is 1. The zero-order valence-electron chi connectivity index (χ0n) is 16.5. The minimum absolute atomic E-state index is 0.0669. The quantitative estimate of drug-likeness (QED) is 0.457. The Morgan fingerprint density at radius 1 is 1.00 bits per heavy atom. The van der Waals surface area contributed by atoms with Crippen LogP contribution in [0.1, 0.15) is 21.5 Å². The van der Waals surface area contributed by atoms with Crippen LogP contribution in [0.2, 0.25) is 0 Å². The Morgan fingerprint density at radius 3 is 2.53 bits per heavy atom. The lowest BCUT2D eigenvalue weighted by Gasteiger charge is -2.07. The van der Waals surface area contributed by atoms with E-state index in [9.17, 15) is 15.0 Å². The molecule has 0 radical (unpaired) electrons. The van der Waals surface area contributed by atoms with Crippen LogP contribution < -0.4 is 4.74 Å². The number of phenolic OH excluding ortho intramolecular Hbond substituents is 2. The number of carbonyl (C=O) groups excluding carboxylic acids is 1. The number of ether oxygens (including phenoxy) is 1. The Bertz CT molecular complexity index is 1360. The molecule has 4 aromatic rings. The van der Waals surface area contributed by atoms with Crippen molar-refractivity contribution in [2.24, 2.45) is 7.05 Å². The first kappa shape index (κ1) is 18.1. The fourth-order valence-electron chi connectivity index (χ4n) is 4.20. The van der Waals surface area contributed by atoms with Gasteiger partial charge >= 0.3 is 0 Å². The average molecular weight is 397 g/mol. The number of hydrogen-bond donors (Lipinski definition) is 2. The van der Waals surface area contributed by atoms with Crippen LogP contribution in [0.3, 0.4) is 0 Å². The van der Waals surface area contributed by atoms with Crippen molar-refractivity contribution in [3.63, 3.8) is 0 Å². The molecule has 1 aromatic heterocycles. The van der Waals surface area contributed by atoms with Gasteiger partial charge < -0.3 is 19.5 Å². The van der Waals surface area contributed by atoms with Crippen molar-refractivity contribution in [3.05, 3.63) is 83.1 Å². The zero-order chi connectivity index (χ0) is 21.0. The molecule has 0 aliphatic carbocycles. The van der Waals surface area contributed by atoms with E-state index in [1.165, 1.54) is 6.07 Å². The van der Waals surface area contributed by atoms with Crippen molar-refractivity contribution in [2.75, 3.05) is 0 Å². The second kappa shape index (κ2) is 6.52. The first-order valence-electron chi connectivity index (χ1n) is 9.59. The van der Waals surface area contributed by atoms with Crippen LogP contribution in [0, 0.1) is 6.92 Å². The van der Waals surface area contributed by atoms with Gasteiger partial charge in [0.1, 0.15) is 22.8 Å². The van der Waals surface area contributed by atoms with E-state index in [1.54, 1.807) is 6.08 Å². The van der Waals surface area contributed by atoms with Gasteiger partial charge in [0, 0.05) is 35.6 Å². The number of phenols is 2. The molecule has 0 bridgehead atoms. The Morgan fingerprint density at radius 2 is 1.77 bits per heavy atom. The molecule has 0 amide bonds. The second-order valence-corrected chi connectivity index (χ2v) is 7.43. The van der Waals surface area contributed by atoms with Crippen LogP contribution in [0.25, 0.3) is 28.2 Å². The van der Waals surface area contributed by atoms with Crippen molar-refractivity contribution >= 4 is 22.8 Å². The van der Waals surface area contributed by atoms with Gasteiger partial charge in [-0.15, -0.1) is 0 Å². The third kappa shape index (κ3) is 2.59. The van der Waals surface area contributed by atoms with Crippen LogP contribution >= 0.6 is 0 Å². The van der Waals surface area contributed by atoms with Gasteiger partial charge in [-0.05, 0) is 30.2 Å². The summed E-state index contributed by atoms with van der Waals surface area (Å²) in [5.74, 6) is -0.602. The highest BCUT2D eigenvalue weighted by atomic mass is 16.5. The van der Waals surface area contributed by atoms with E-state index in [2.05, 4.69) is 4.57 Å². The second-order valence-electron chi connectivity index (χ2n) is 7.43. The van der Waals surface area contributed by atoms with Gasteiger partial charge in [0.2, 0.25) is 5.78 Å². The van der Waals surface area contributed by atoms with Crippen molar-refractivity contribution < 1.29 is 19.7 Å². The molecule has 0 unspecified atom stereocenters. The average Bonchev–Trinajstić information content (AvgIpc) is 3.18. The third-order valence-electron chi connectivity index (χ3n) is 5.53. The Labute approximate surface area is 173 Å². The predicted octanol–water partition coefficient (Wildman–Crippen LogP) is 5.18. The van der Waals surface area contributed by atoms with Crippen molar-refractivity contribution in [1.29, 1.82) is 0 Å². The van der Waals surface area contributed by atoms with E-state index in [-0.39, 0.29) is 28.6 Å². The number of ketones is 1. The molecule has 5 heteroatoms. The van der Waals surface area contributed by atoms with Crippen molar-refractivity contribution in [2.45, 2.75) is 6.92 Å². The molecular formula is C25H19NO4. The van der Waals surface area contributed by atoms with Crippen LogP contribution in [-0.2, 0) is 7.05 Å². The smallest absolute Gasteiger partial charge is 0.235 e. The minimum atomic E-state index is -0.410. The lowest BCUT2D eigenvalue weighted by atomic mass is 10.0. The van der Waals surface area contributed by atoms with Crippen LogP contribution in [0.15, 0.2) is 66.4 Å². The van der Waals surface area contributed by atoms with Gasteiger partial charge in [-0.25, -0.2) is 0 Å². The standard InChI is InChI=1S/C25H19NO4/c1-14-7-6-10-18-22(14)17(24(26(18)2)15-8-4-3-5-9-15)13-21-25(29)23-19(28)11-16(27)12-20(23)30-21/h3-13,27-28H,1-2H3. The SMILES string of the molecule is Cc1cccc2c1c(C=C1Oc3cc(O)cc(O)c3C1=O)c(-c1ccccc1)n2C. The van der Waals surface area contributed by atoms with Gasteiger partial charge in [-0.3, -0.25) is 4.79 Å². The fourth-order valence-corrected chi connectivity index (χ4v) is 4.20. The summed E-state index contributed by atoms with van der Waals surface area (Å²) >= 11 is 0. The summed E-state index contributed by atoms with van der Waals surface area (Å²) in [6, 6.07) is 18.5. The number of aryl methyl sites for hydroxylation is 2. The number of benzene rings is 3. The number of aromatic hydroxyl groups is 2. The van der Waals surface area contributed by atoms with E-state index >= 15 is 0 Å². The Balaban J connectivity index is 1.78. The number of allylic oxidation sites excluding steroid dienone is 1. The summed E-state index contributed by atoms with van der Waals surface area (Å²) in [5, 5.41) is 20.9. The van der Waals surface area contributed by atoms with Gasteiger partial charge in [0.15, 0.2) is 5.76 Å². The summed E-state index contributed by atoms with van der Waals surface area (Å²) in [6.45, 7) is 2.04. The zero-order valence-corrected chi connectivity index (χ0v) is 16.5. The normalized spacial score (nSPS) is 14.3. The van der Waals surface area contributed by atoms with E-state index in [1.807, 2.05) is 62.5 Å². The molecule has 1 aliphatic rings. The van der Waals surface area contributed by atoms with Crippen molar-refractivity contribution in [3.8, 4) is 28.5 Å². The molecule has 5 rings (SSSR count). The number of carbonyl (C=O) groups is 1. The van der Waals surface area contributed by atoms with E-state index in [0.717, 1.165) is 39.4 Å². The Hall–Kier alpha value is -3.99. The van der Waals surface area contributed by atoms with Gasteiger partial charge in [0.25, 0.3) is 0 Å². The fraction of sp³-hybridized carbons (Fsp3) is 0.0800. The van der Waals surface area contributed by atoms with E-state index in [0.29, 0.717) is 0 Å². The van der Waals surface area contributed by atoms with E-state index < -0.39 is 5.78 Å². The maximum atomic E-state index is 13.0. The summed E-state index contributed by atoms with van der Waals surface area (Å²) in [6.07, 6.45) is 1.73.